The van der Waals surface area contributed by atoms with Gasteiger partial charge in [0.1, 0.15) is 11.5 Å². The highest BCUT2D eigenvalue weighted by Crippen LogP contribution is 2.49. The molecule has 2 heterocycles. The van der Waals surface area contributed by atoms with Crippen molar-refractivity contribution in [1.82, 2.24) is 5.01 Å². The monoisotopic (exact) mass is 436 g/mol. The van der Waals surface area contributed by atoms with Gasteiger partial charge in [-0.15, -0.1) is 0 Å². The van der Waals surface area contributed by atoms with Gasteiger partial charge >= 0.3 is 0 Å². The normalized spacial score (nSPS) is 19.2. The average molecular weight is 437 g/mol. The van der Waals surface area contributed by atoms with Crippen molar-refractivity contribution < 1.29 is 19.3 Å². The first kappa shape index (κ1) is 19.6. The SMILES string of the molecule is COc1ccc([C@@H]2Oc3ccc(Cl)cc3[C@@H]3CC(c4ccccc4O)=NN32)cc1OC. The van der Waals surface area contributed by atoms with E-state index in [0.717, 1.165) is 22.6 Å². The van der Waals surface area contributed by atoms with Crippen LogP contribution in [0.2, 0.25) is 5.02 Å². The van der Waals surface area contributed by atoms with Crippen LogP contribution in [0.3, 0.4) is 0 Å². The second-order valence-electron chi connectivity index (χ2n) is 7.43. The Balaban J connectivity index is 1.62. The molecule has 31 heavy (non-hydrogen) atoms. The fraction of sp³-hybridized carbons (Fsp3) is 0.208. The zero-order chi connectivity index (χ0) is 21.5. The summed E-state index contributed by atoms with van der Waals surface area (Å²) in [5, 5.41) is 17.8. The summed E-state index contributed by atoms with van der Waals surface area (Å²) in [5.41, 5.74) is 3.36. The van der Waals surface area contributed by atoms with Crippen molar-refractivity contribution in [3.63, 3.8) is 0 Å². The zero-order valence-electron chi connectivity index (χ0n) is 17.1. The van der Waals surface area contributed by atoms with Crippen molar-refractivity contribution in [2.45, 2.75) is 18.7 Å². The molecule has 158 valence electrons. The third-order valence-corrected chi connectivity index (χ3v) is 5.89. The second-order valence-corrected chi connectivity index (χ2v) is 7.87. The first-order valence-electron chi connectivity index (χ1n) is 9.91. The molecule has 0 radical (unpaired) electrons. The van der Waals surface area contributed by atoms with E-state index < -0.39 is 6.23 Å². The van der Waals surface area contributed by atoms with Crippen LogP contribution in [0.25, 0.3) is 0 Å². The smallest absolute Gasteiger partial charge is 0.214 e. The van der Waals surface area contributed by atoms with Gasteiger partial charge in [0.25, 0.3) is 0 Å². The van der Waals surface area contributed by atoms with Crippen molar-refractivity contribution in [2.75, 3.05) is 14.2 Å². The molecule has 7 heteroatoms. The van der Waals surface area contributed by atoms with E-state index in [-0.39, 0.29) is 11.8 Å². The number of para-hydroxylation sites is 1. The maximum absolute atomic E-state index is 10.4. The second kappa shape index (κ2) is 7.71. The lowest BCUT2D eigenvalue weighted by atomic mass is 9.95. The molecule has 0 spiro atoms. The highest BCUT2D eigenvalue weighted by Gasteiger charge is 2.41. The van der Waals surface area contributed by atoms with Crippen molar-refractivity contribution in [3.05, 3.63) is 82.4 Å². The Kier molecular flexibility index (Phi) is 4.87. The third-order valence-electron chi connectivity index (χ3n) is 5.66. The van der Waals surface area contributed by atoms with Gasteiger partial charge in [0, 0.05) is 28.1 Å². The van der Waals surface area contributed by atoms with E-state index in [4.69, 9.17) is 30.9 Å². The maximum atomic E-state index is 10.4. The van der Waals surface area contributed by atoms with Crippen LogP contribution in [0.4, 0.5) is 0 Å². The molecule has 0 aromatic heterocycles. The Morgan fingerprint density at radius 2 is 1.84 bits per heavy atom. The molecule has 5 rings (SSSR count). The number of fused-ring (bicyclic) bond motifs is 3. The number of hydrogen-bond acceptors (Lipinski definition) is 6. The molecule has 0 saturated heterocycles. The number of rotatable bonds is 4. The molecule has 0 bridgehead atoms. The Morgan fingerprint density at radius 3 is 2.61 bits per heavy atom. The zero-order valence-corrected chi connectivity index (χ0v) is 17.8. The number of phenols is 1. The van der Waals surface area contributed by atoms with E-state index in [2.05, 4.69) is 0 Å². The number of nitrogens with zero attached hydrogens (tertiary/aromatic N) is 2. The van der Waals surface area contributed by atoms with Gasteiger partial charge in [-0.3, -0.25) is 0 Å². The van der Waals surface area contributed by atoms with Crippen molar-refractivity contribution in [3.8, 4) is 23.0 Å². The topological polar surface area (TPSA) is 63.5 Å². The van der Waals surface area contributed by atoms with Crippen LogP contribution < -0.4 is 14.2 Å². The standard InChI is InChI=1S/C24H21ClN2O4/c1-29-22-9-7-14(11-23(22)30-2)24-27-19(17-12-15(25)8-10-21(17)31-24)13-18(26-27)16-5-3-4-6-20(16)28/h3-12,19,24,28H,13H2,1-2H3/t19-,24-/m0/s1. The van der Waals surface area contributed by atoms with Gasteiger partial charge in [0.05, 0.1) is 26.0 Å². The number of methoxy groups -OCH3 is 2. The first-order chi connectivity index (χ1) is 15.1. The van der Waals surface area contributed by atoms with E-state index in [1.807, 2.05) is 53.5 Å². The summed E-state index contributed by atoms with van der Waals surface area (Å²) in [6.45, 7) is 0. The molecule has 2 aliphatic heterocycles. The number of ether oxygens (including phenoxy) is 3. The van der Waals surface area contributed by atoms with Gasteiger partial charge in [0.15, 0.2) is 11.5 Å². The van der Waals surface area contributed by atoms with Gasteiger partial charge in [0.2, 0.25) is 6.23 Å². The predicted molar refractivity (Wildman–Crippen MR) is 118 cm³/mol. The lowest BCUT2D eigenvalue weighted by Gasteiger charge is -2.38. The minimum absolute atomic E-state index is 0.0739. The summed E-state index contributed by atoms with van der Waals surface area (Å²) in [5.74, 6) is 2.23. The van der Waals surface area contributed by atoms with Gasteiger partial charge in [-0.2, -0.15) is 5.10 Å². The minimum Gasteiger partial charge on any atom is -0.507 e. The molecule has 0 aliphatic carbocycles. The van der Waals surface area contributed by atoms with Gasteiger partial charge in [-0.25, -0.2) is 5.01 Å². The molecule has 0 unspecified atom stereocenters. The number of hydrazone groups is 1. The Hall–Kier alpha value is -3.38. The molecule has 6 nitrogen and oxygen atoms in total. The highest BCUT2D eigenvalue weighted by atomic mass is 35.5. The summed E-state index contributed by atoms with van der Waals surface area (Å²) in [7, 11) is 3.21. The third kappa shape index (κ3) is 3.33. The number of hydrogen-bond donors (Lipinski definition) is 1. The van der Waals surface area contributed by atoms with Crippen molar-refractivity contribution in [2.24, 2.45) is 5.10 Å². The molecule has 0 fully saturated rings. The minimum atomic E-state index is -0.471. The molecule has 3 aromatic carbocycles. The van der Waals surface area contributed by atoms with Crippen LogP contribution in [-0.2, 0) is 0 Å². The number of aromatic hydroxyl groups is 1. The molecule has 1 N–H and O–H groups in total. The van der Waals surface area contributed by atoms with Crippen LogP contribution in [-0.4, -0.2) is 30.0 Å². The summed E-state index contributed by atoms with van der Waals surface area (Å²) in [6, 6.07) is 18.5. The van der Waals surface area contributed by atoms with Crippen LogP contribution in [0.5, 0.6) is 23.0 Å². The summed E-state index contributed by atoms with van der Waals surface area (Å²) >= 11 is 6.29. The summed E-state index contributed by atoms with van der Waals surface area (Å²) in [6.07, 6.45) is 0.153. The van der Waals surface area contributed by atoms with E-state index >= 15 is 0 Å². The molecule has 3 aromatic rings. The molecule has 2 atom stereocenters. The van der Waals surface area contributed by atoms with E-state index in [0.29, 0.717) is 28.5 Å². The molecule has 0 amide bonds. The summed E-state index contributed by atoms with van der Waals surface area (Å²) < 4.78 is 17.2. The lowest BCUT2D eigenvalue weighted by Crippen LogP contribution is -2.33. The Labute approximate surface area is 185 Å². The maximum Gasteiger partial charge on any atom is 0.214 e. The molecular weight excluding hydrogens is 416 g/mol. The highest BCUT2D eigenvalue weighted by molar-refractivity contribution is 6.30. The van der Waals surface area contributed by atoms with E-state index in [9.17, 15) is 5.11 Å². The number of phenolic OH excluding ortho intramolecular Hbond substituents is 1. The Bertz CT molecular complexity index is 1180. The van der Waals surface area contributed by atoms with Gasteiger partial charge in [-0.05, 0) is 48.5 Å². The van der Waals surface area contributed by atoms with E-state index in [1.54, 1.807) is 26.4 Å². The lowest BCUT2D eigenvalue weighted by molar-refractivity contribution is -0.0191. The van der Waals surface area contributed by atoms with Crippen LogP contribution in [0.1, 0.15) is 35.4 Å². The average Bonchev–Trinajstić information content (AvgIpc) is 3.24. The number of benzene rings is 3. The van der Waals surface area contributed by atoms with Crippen molar-refractivity contribution in [1.29, 1.82) is 0 Å². The predicted octanol–water partition coefficient (Wildman–Crippen LogP) is 5.31. The largest absolute Gasteiger partial charge is 0.507 e. The Morgan fingerprint density at radius 1 is 1.03 bits per heavy atom. The fourth-order valence-electron chi connectivity index (χ4n) is 4.16. The van der Waals surface area contributed by atoms with Crippen LogP contribution in [0.15, 0.2) is 65.8 Å². The first-order valence-corrected chi connectivity index (χ1v) is 10.3. The quantitative estimate of drug-likeness (QED) is 0.600. The molecule has 2 aliphatic rings. The van der Waals surface area contributed by atoms with Crippen LogP contribution in [0, 0.1) is 0 Å². The van der Waals surface area contributed by atoms with Gasteiger partial charge in [-0.1, -0.05) is 23.7 Å². The summed E-state index contributed by atoms with van der Waals surface area (Å²) in [4.78, 5) is 0. The number of halogens is 1. The fourth-order valence-corrected chi connectivity index (χ4v) is 4.35. The van der Waals surface area contributed by atoms with E-state index in [1.165, 1.54) is 0 Å². The van der Waals surface area contributed by atoms with Gasteiger partial charge < -0.3 is 19.3 Å². The molecule has 0 saturated carbocycles. The molecular formula is C24H21ClN2O4. The van der Waals surface area contributed by atoms with Crippen LogP contribution >= 0.6 is 11.6 Å². The van der Waals surface area contributed by atoms with Crippen molar-refractivity contribution >= 4 is 17.3 Å².